The van der Waals surface area contributed by atoms with Crippen LogP contribution in [0.4, 0.5) is 21.5 Å². The first-order valence-corrected chi connectivity index (χ1v) is 11.8. The predicted octanol–water partition coefficient (Wildman–Crippen LogP) is 5.12. The number of hydrogen-bond donors (Lipinski definition) is 2. The minimum absolute atomic E-state index is 0.0832. The van der Waals surface area contributed by atoms with Crippen LogP contribution in [-0.4, -0.2) is 24.2 Å². The molecule has 0 saturated carbocycles. The normalized spacial score (nSPS) is 11.1. The van der Waals surface area contributed by atoms with Crippen LogP contribution in [0.25, 0.3) is 22.1 Å². The van der Waals surface area contributed by atoms with Crippen LogP contribution in [-0.2, 0) is 16.1 Å². The van der Waals surface area contributed by atoms with E-state index in [1.807, 2.05) is 0 Å². The maximum atomic E-state index is 14.6. The van der Waals surface area contributed by atoms with E-state index >= 15 is 0 Å². The van der Waals surface area contributed by atoms with Gasteiger partial charge >= 0.3 is 5.63 Å². The number of fused-ring (bicyclic) bond motifs is 1. The maximum absolute atomic E-state index is 14.6. The molecule has 37 heavy (non-hydrogen) atoms. The zero-order chi connectivity index (χ0) is 26.7. The summed E-state index contributed by atoms with van der Waals surface area (Å²) in [5, 5.41) is 5.84. The van der Waals surface area contributed by atoms with Crippen LogP contribution in [0.5, 0.6) is 0 Å². The van der Waals surface area contributed by atoms with E-state index in [4.69, 9.17) is 9.15 Å². The highest BCUT2D eigenvalue weighted by Crippen LogP contribution is 2.36. The lowest BCUT2D eigenvalue weighted by Crippen LogP contribution is -2.26. The van der Waals surface area contributed by atoms with Crippen molar-refractivity contribution in [1.29, 1.82) is 0 Å². The average Bonchev–Trinajstić information content (AvgIpc) is 2.85. The molecular formula is C28H28FN3O5. The van der Waals surface area contributed by atoms with Gasteiger partial charge in [0.15, 0.2) is 5.58 Å². The molecule has 0 aliphatic heterocycles. The molecule has 2 aromatic carbocycles. The van der Waals surface area contributed by atoms with Gasteiger partial charge in [0.1, 0.15) is 11.2 Å². The average molecular weight is 506 g/mol. The lowest BCUT2D eigenvalue weighted by atomic mass is 9.99. The Balaban J connectivity index is 2.08. The Labute approximate surface area is 212 Å². The fourth-order valence-corrected chi connectivity index (χ4v) is 4.38. The number of anilines is 3. The van der Waals surface area contributed by atoms with E-state index in [0.29, 0.717) is 42.1 Å². The van der Waals surface area contributed by atoms with Gasteiger partial charge < -0.3 is 24.4 Å². The molecule has 0 atom stereocenters. The largest absolute Gasteiger partial charge is 0.421 e. The Hall–Kier alpha value is -4.24. The van der Waals surface area contributed by atoms with Gasteiger partial charge in [-0.1, -0.05) is 24.3 Å². The van der Waals surface area contributed by atoms with Crippen LogP contribution >= 0.6 is 0 Å². The Morgan fingerprint density at radius 3 is 2.57 bits per heavy atom. The molecule has 0 saturated heterocycles. The van der Waals surface area contributed by atoms with Crippen LogP contribution in [0.15, 0.2) is 62.5 Å². The molecule has 0 radical (unpaired) electrons. The number of ether oxygens (including phenoxy) is 1. The van der Waals surface area contributed by atoms with Crippen LogP contribution < -0.4 is 21.8 Å². The van der Waals surface area contributed by atoms with Crippen molar-refractivity contribution in [2.45, 2.75) is 33.7 Å². The van der Waals surface area contributed by atoms with Gasteiger partial charge in [-0.2, -0.15) is 0 Å². The molecule has 9 heteroatoms. The van der Waals surface area contributed by atoms with Crippen LogP contribution in [0.1, 0.15) is 24.6 Å². The third-order valence-electron chi connectivity index (χ3n) is 6.14. The first kappa shape index (κ1) is 25.8. The molecular weight excluding hydrogens is 477 g/mol. The molecule has 4 aromatic rings. The number of rotatable bonds is 8. The van der Waals surface area contributed by atoms with Crippen LogP contribution in [0.2, 0.25) is 0 Å². The summed E-state index contributed by atoms with van der Waals surface area (Å²) < 4.78 is 27.1. The number of pyridine rings is 1. The molecule has 4 rings (SSSR count). The molecule has 1 amide bonds. The van der Waals surface area contributed by atoms with Gasteiger partial charge in [-0.05, 0) is 50.1 Å². The number of halogens is 1. The third-order valence-corrected chi connectivity index (χ3v) is 6.14. The number of benzene rings is 2. The summed E-state index contributed by atoms with van der Waals surface area (Å²) in [6.45, 7) is 5.51. The number of nitrogens with zero attached hydrogens (tertiary/aromatic N) is 1. The summed E-state index contributed by atoms with van der Waals surface area (Å²) in [6.07, 6.45) is 0.569. The second-order valence-corrected chi connectivity index (χ2v) is 8.72. The van der Waals surface area contributed by atoms with Gasteiger partial charge in [-0.3, -0.25) is 9.59 Å². The topological polar surface area (TPSA) is 103 Å². The molecule has 0 spiro atoms. The number of aromatic nitrogens is 1. The van der Waals surface area contributed by atoms with Crippen molar-refractivity contribution in [2.75, 3.05) is 24.4 Å². The molecule has 8 nitrogen and oxygen atoms in total. The highest BCUT2D eigenvalue weighted by atomic mass is 19.1. The third kappa shape index (κ3) is 5.17. The highest BCUT2D eigenvalue weighted by molar-refractivity contribution is 6.01. The highest BCUT2D eigenvalue weighted by Gasteiger charge is 2.24. The summed E-state index contributed by atoms with van der Waals surface area (Å²) in [7, 11) is 1.59. The Bertz CT molecular complexity index is 1610. The van der Waals surface area contributed by atoms with Gasteiger partial charge in [0.2, 0.25) is 5.91 Å². The first-order chi connectivity index (χ1) is 17.7. The van der Waals surface area contributed by atoms with Crippen LogP contribution in [0.3, 0.4) is 0 Å². The van der Waals surface area contributed by atoms with Crippen molar-refractivity contribution in [3.63, 3.8) is 0 Å². The number of carbonyl (C=O) groups excluding carboxylic acids is 1. The van der Waals surface area contributed by atoms with E-state index < -0.39 is 11.4 Å². The zero-order valence-electron chi connectivity index (χ0n) is 21.1. The number of hydrogen-bond acceptors (Lipinski definition) is 6. The number of methoxy groups -OCH3 is 1. The Morgan fingerprint density at radius 1 is 1.11 bits per heavy atom. The molecule has 0 unspecified atom stereocenters. The second-order valence-electron chi connectivity index (χ2n) is 8.72. The van der Waals surface area contributed by atoms with Gasteiger partial charge in [0.25, 0.3) is 5.56 Å². The minimum Gasteiger partial charge on any atom is -0.421 e. The van der Waals surface area contributed by atoms with Crippen molar-refractivity contribution >= 4 is 33.9 Å². The fourth-order valence-electron chi connectivity index (χ4n) is 4.38. The molecule has 0 aliphatic rings. The minimum atomic E-state index is -0.651. The lowest BCUT2D eigenvalue weighted by Gasteiger charge is -2.20. The zero-order valence-corrected chi connectivity index (χ0v) is 21.1. The SMILES string of the molecule is COCCCn1c(C)c(-c2cccc(NC(C)=O)c2)c2oc(=O)c(C)c(Nc3ccccc3F)c2c1=O. The predicted molar refractivity (Wildman–Crippen MR) is 142 cm³/mol. The summed E-state index contributed by atoms with van der Waals surface area (Å²) in [5.74, 6) is -0.763. The Kier molecular flexibility index (Phi) is 7.54. The summed E-state index contributed by atoms with van der Waals surface area (Å²) in [5.41, 5.74) is 1.80. The van der Waals surface area contributed by atoms with Crippen molar-refractivity contribution in [2.24, 2.45) is 0 Å². The van der Waals surface area contributed by atoms with E-state index in [9.17, 15) is 18.8 Å². The smallest absolute Gasteiger partial charge is 0.341 e. The maximum Gasteiger partial charge on any atom is 0.341 e. The van der Waals surface area contributed by atoms with E-state index in [1.165, 1.54) is 26.0 Å². The van der Waals surface area contributed by atoms with Gasteiger partial charge in [-0.25, -0.2) is 9.18 Å². The van der Waals surface area contributed by atoms with E-state index in [-0.39, 0.29) is 39.4 Å². The van der Waals surface area contributed by atoms with Gasteiger partial charge in [0, 0.05) is 44.1 Å². The second kappa shape index (κ2) is 10.8. The quantitative estimate of drug-likeness (QED) is 0.323. The number of carbonyl (C=O) groups is 1. The van der Waals surface area contributed by atoms with Gasteiger partial charge in [0.05, 0.1) is 16.9 Å². The molecule has 2 aromatic heterocycles. The van der Waals surface area contributed by atoms with Crippen molar-refractivity contribution in [1.82, 2.24) is 4.57 Å². The number of nitrogens with one attached hydrogen (secondary N) is 2. The molecule has 2 N–H and O–H groups in total. The van der Waals surface area contributed by atoms with Crippen molar-refractivity contribution in [3.05, 3.63) is 86.4 Å². The fraction of sp³-hybridized carbons (Fsp3) is 0.250. The standard InChI is InChI=1S/C28H28FN3O5/c1-16-25(31-22-12-6-5-11-21(22)29)24-26(37-28(16)35)23(17(2)32(27(24)34)13-8-14-36-4)19-9-7-10-20(15-19)30-18(3)33/h5-7,9-12,15,31H,8,13-14H2,1-4H3,(H,30,33). The van der Waals surface area contributed by atoms with Crippen molar-refractivity contribution < 1.29 is 18.3 Å². The van der Waals surface area contributed by atoms with E-state index in [1.54, 1.807) is 55.0 Å². The summed E-state index contributed by atoms with van der Waals surface area (Å²) >= 11 is 0. The number of amides is 1. The first-order valence-electron chi connectivity index (χ1n) is 11.8. The molecule has 2 heterocycles. The summed E-state index contributed by atoms with van der Waals surface area (Å²) in [4.78, 5) is 38.5. The molecule has 192 valence electrons. The number of para-hydroxylation sites is 1. The Morgan fingerprint density at radius 2 is 1.86 bits per heavy atom. The van der Waals surface area contributed by atoms with Crippen molar-refractivity contribution in [3.8, 4) is 11.1 Å². The lowest BCUT2D eigenvalue weighted by molar-refractivity contribution is -0.114. The van der Waals surface area contributed by atoms with Gasteiger partial charge in [-0.15, -0.1) is 0 Å². The van der Waals surface area contributed by atoms with E-state index in [0.717, 1.165) is 0 Å². The molecule has 0 bridgehead atoms. The van der Waals surface area contributed by atoms with Crippen LogP contribution in [0, 0.1) is 19.7 Å². The van der Waals surface area contributed by atoms with E-state index in [2.05, 4.69) is 10.6 Å². The molecule has 0 fully saturated rings. The molecule has 0 aliphatic carbocycles. The monoisotopic (exact) mass is 505 g/mol. The summed E-state index contributed by atoms with van der Waals surface area (Å²) in [6, 6.07) is 13.1.